The largest absolute Gasteiger partial charge is 0.433 e. The molecule has 10 heteroatoms. The van der Waals surface area contributed by atoms with Crippen LogP contribution in [0.25, 0.3) is 10.9 Å². The summed E-state index contributed by atoms with van der Waals surface area (Å²) in [6, 6.07) is 5.44. The number of carbonyl (C=O) groups is 1. The van der Waals surface area contributed by atoms with Crippen LogP contribution in [0.3, 0.4) is 0 Å². The quantitative estimate of drug-likeness (QED) is 0.466. The zero-order valence-electron chi connectivity index (χ0n) is 19.2. The molecule has 2 atom stereocenters. The summed E-state index contributed by atoms with van der Waals surface area (Å²) >= 11 is 6.10. The molecule has 2 heterocycles. The molecule has 0 radical (unpaired) electrons. The molecule has 3 aromatic rings. The van der Waals surface area contributed by atoms with Crippen LogP contribution in [0.2, 0.25) is 5.02 Å². The molecule has 1 aliphatic rings. The molecule has 4 rings (SSSR count). The smallest absolute Gasteiger partial charge is 0.382 e. The van der Waals surface area contributed by atoms with Crippen molar-refractivity contribution in [3.8, 4) is 0 Å². The van der Waals surface area contributed by atoms with Crippen molar-refractivity contribution in [2.45, 2.75) is 70.3 Å². The van der Waals surface area contributed by atoms with Gasteiger partial charge in [-0.05, 0) is 70.7 Å². The highest BCUT2D eigenvalue weighted by atomic mass is 35.5. The summed E-state index contributed by atoms with van der Waals surface area (Å²) < 4.78 is 42.0. The molecule has 0 saturated heterocycles. The maximum atomic E-state index is 13.4. The zero-order chi connectivity index (χ0) is 24.7. The minimum atomic E-state index is -4.56. The van der Waals surface area contributed by atoms with Gasteiger partial charge in [-0.25, -0.2) is 4.98 Å². The van der Waals surface area contributed by atoms with Crippen molar-refractivity contribution < 1.29 is 18.0 Å². The van der Waals surface area contributed by atoms with E-state index in [1.807, 2.05) is 20.8 Å². The lowest BCUT2D eigenvalue weighted by atomic mass is 9.90. The van der Waals surface area contributed by atoms with Gasteiger partial charge in [-0.15, -0.1) is 0 Å². The molecule has 1 saturated carbocycles. The number of fused-ring (bicyclic) bond motifs is 1. The van der Waals surface area contributed by atoms with E-state index in [0.717, 1.165) is 25.3 Å². The first-order valence-corrected chi connectivity index (χ1v) is 11.6. The van der Waals surface area contributed by atoms with Gasteiger partial charge >= 0.3 is 6.18 Å². The van der Waals surface area contributed by atoms with Gasteiger partial charge < -0.3 is 10.6 Å². The Labute approximate surface area is 200 Å². The lowest BCUT2D eigenvalue weighted by Crippen LogP contribution is -2.41. The van der Waals surface area contributed by atoms with Gasteiger partial charge in [-0.1, -0.05) is 11.6 Å². The van der Waals surface area contributed by atoms with E-state index in [1.54, 1.807) is 23.1 Å². The Kier molecular flexibility index (Phi) is 6.50. The van der Waals surface area contributed by atoms with Crippen LogP contribution in [-0.2, 0) is 11.7 Å². The molecule has 1 fully saturated rings. The Hall–Kier alpha value is -2.81. The molecular weight excluding hydrogens is 467 g/mol. The van der Waals surface area contributed by atoms with E-state index in [9.17, 15) is 18.0 Å². The molecule has 34 heavy (non-hydrogen) atoms. The second-order valence-electron chi connectivity index (χ2n) is 9.74. The summed E-state index contributed by atoms with van der Waals surface area (Å²) in [5, 5.41) is 11.5. The number of alkyl halides is 3. The van der Waals surface area contributed by atoms with Crippen molar-refractivity contribution >= 4 is 34.1 Å². The molecule has 0 spiro atoms. The minimum Gasteiger partial charge on any atom is -0.382 e. The summed E-state index contributed by atoms with van der Waals surface area (Å²) in [6.07, 6.45) is 1.70. The third-order valence-electron chi connectivity index (χ3n) is 5.96. The van der Waals surface area contributed by atoms with Crippen LogP contribution in [0, 0.1) is 0 Å². The fraction of sp³-hybridized carbons (Fsp3) is 0.458. The number of hydrogen-bond donors (Lipinski definition) is 2. The number of amides is 1. The molecular formula is C24H27ClF3N5O. The summed E-state index contributed by atoms with van der Waals surface area (Å²) in [7, 11) is 0. The normalized spacial score (nSPS) is 19.3. The van der Waals surface area contributed by atoms with Crippen molar-refractivity contribution in [2.24, 2.45) is 0 Å². The number of anilines is 1. The van der Waals surface area contributed by atoms with Crippen molar-refractivity contribution in [3.05, 3.63) is 52.9 Å². The predicted octanol–water partition coefficient (Wildman–Crippen LogP) is 6.01. The van der Waals surface area contributed by atoms with E-state index < -0.39 is 11.9 Å². The van der Waals surface area contributed by atoms with Gasteiger partial charge in [0.25, 0.3) is 5.91 Å². The lowest BCUT2D eigenvalue weighted by molar-refractivity contribution is -0.140. The maximum Gasteiger partial charge on any atom is 0.433 e. The fourth-order valence-corrected chi connectivity index (χ4v) is 4.38. The SMILES string of the molecule is CC(C)(C)n1cc(C(=O)N[C@@H]2CCC[C@H](Nc3cc(C(F)(F)F)nc4ccc(Cl)cc34)C2)cn1. The van der Waals surface area contributed by atoms with Crippen LogP contribution < -0.4 is 10.6 Å². The lowest BCUT2D eigenvalue weighted by Gasteiger charge is -2.31. The van der Waals surface area contributed by atoms with E-state index in [4.69, 9.17) is 11.6 Å². The molecule has 182 valence electrons. The summed E-state index contributed by atoms with van der Waals surface area (Å²) in [5.74, 6) is -0.207. The van der Waals surface area contributed by atoms with Crippen LogP contribution >= 0.6 is 11.6 Å². The average molecular weight is 494 g/mol. The van der Waals surface area contributed by atoms with Gasteiger partial charge in [0.05, 0.1) is 22.8 Å². The van der Waals surface area contributed by atoms with Crippen LogP contribution in [0.5, 0.6) is 0 Å². The van der Waals surface area contributed by atoms with Crippen molar-refractivity contribution in [1.82, 2.24) is 20.1 Å². The molecule has 2 aromatic heterocycles. The highest BCUT2D eigenvalue weighted by Gasteiger charge is 2.34. The second-order valence-corrected chi connectivity index (χ2v) is 10.2. The number of nitrogens with zero attached hydrogens (tertiary/aromatic N) is 3. The molecule has 0 unspecified atom stereocenters. The Bertz CT molecular complexity index is 1200. The van der Waals surface area contributed by atoms with Crippen LogP contribution in [-0.4, -0.2) is 32.8 Å². The third kappa shape index (κ3) is 5.46. The Morgan fingerprint density at radius 2 is 1.88 bits per heavy atom. The van der Waals surface area contributed by atoms with Gasteiger partial charge in [0, 0.05) is 34.4 Å². The highest BCUT2D eigenvalue weighted by molar-refractivity contribution is 6.31. The van der Waals surface area contributed by atoms with Crippen LogP contribution in [0.1, 0.15) is 62.5 Å². The van der Waals surface area contributed by atoms with Crippen molar-refractivity contribution in [1.29, 1.82) is 0 Å². The van der Waals surface area contributed by atoms with E-state index in [0.29, 0.717) is 28.1 Å². The van der Waals surface area contributed by atoms with Crippen molar-refractivity contribution in [3.63, 3.8) is 0 Å². The first-order chi connectivity index (χ1) is 15.9. The first-order valence-electron chi connectivity index (χ1n) is 11.2. The number of benzene rings is 1. The molecule has 2 N–H and O–H groups in total. The van der Waals surface area contributed by atoms with E-state index in [1.165, 1.54) is 12.1 Å². The number of nitrogens with one attached hydrogen (secondary N) is 2. The summed E-state index contributed by atoms with van der Waals surface area (Å²) in [6.45, 7) is 6.00. The van der Waals surface area contributed by atoms with E-state index >= 15 is 0 Å². The first kappa shape index (κ1) is 24.3. The number of halogens is 4. The van der Waals surface area contributed by atoms with E-state index in [-0.39, 0.29) is 29.0 Å². The van der Waals surface area contributed by atoms with Crippen molar-refractivity contribution in [2.75, 3.05) is 5.32 Å². The molecule has 0 aliphatic heterocycles. The number of pyridine rings is 1. The average Bonchev–Trinajstić information content (AvgIpc) is 3.25. The third-order valence-corrected chi connectivity index (χ3v) is 6.20. The van der Waals surface area contributed by atoms with Gasteiger partial charge in [-0.2, -0.15) is 18.3 Å². The monoisotopic (exact) mass is 493 g/mol. The van der Waals surface area contributed by atoms with Gasteiger partial charge in [-0.3, -0.25) is 9.48 Å². The van der Waals surface area contributed by atoms with E-state index in [2.05, 4.69) is 20.7 Å². The Morgan fingerprint density at radius 3 is 2.56 bits per heavy atom. The van der Waals surface area contributed by atoms with Crippen LogP contribution in [0.4, 0.5) is 18.9 Å². The standard InChI is InChI=1S/C24H27ClF3N5O/c1-23(2,3)33-13-14(12-29-33)22(34)31-17-6-4-5-16(10-17)30-20-11-21(24(26,27)28)32-19-8-7-15(25)9-18(19)20/h7-9,11-13,16-17H,4-6,10H2,1-3H3,(H,30,32)(H,31,34)/t16-,17+/m0/s1. The molecule has 1 aliphatic carbocycles. The second kappa shape index (κ2) is 9.09. The molecule has 1 amide bonds. The van der Waals surface area contributed by atoms with Gasteiger partial charge in [0.1, 0.15) is 5.69 Å². The molecule has 0 bridgehead atoms. The number of rotatable bonds is 4. The number of carbonyl (C=O) groups excluding carboxylic acids is 1. The zero-order valence-corrected chi connectivity index (χ0v) is 20.0. The molecule has 1 aromatic carbocycles. The topological polar surface area (TPSA) is 71.8 Å². The fourth-order valence-electron chi connectivity index (χ4n) is 4.21. The Morgan fingerprint density at radius 1 is 1.15 bits per heavy atom. The Balaban J connectivity index is 1.50. The minimum absolute atomic E-state index is 0.101. The predicted molar refractivity (Wildman–Crippen MR) is 126 cm³/mol. The van der Waals surface area contributed by atoms with Gasteiger partial charge in [0.2, 0.25) is 0 Å². The summed E-state index contributed by atoms with van der Waals surface area (Å²) in [4.78, 5) is 16.5. The highest BCUT2D eigenvalue weighted by Crippen LogP contribution is 2.35. The summed E-state index contributed by atoms with van der Waals surface area (Å²) in [5.41, 5.74) is -0.151. The number of hydrogen-bond acceptors (Lipinski definition) is 4. The van der Waals surface area contributed by atoms with Gasteiger partial charge in [0.15, 0.2) is 0 Å². The number of aromatic nitrogens is 3. The van der Waals surface area contributed by atoms with Crippen LogP contribution in [0.15, 0.2) is 36.7 Å². The molecule has 6 nitrogen and oxygen atoms in total. The maximum absolute atomic E-state index is 13.4.